The molecule has 1 heterocycles. The van der Waals surface area contributed by atoms with Crippen molar-refractivity contribution in [2.45, 2.75) is 31.7 Å². The van der Waals surface area contributed by atoms with E-state index in [0.717, 1.165) is 0 Å². The smallest absolute Gasteiger partial charge is 0.333 e. The van der Waals surface area contributed by atoms with Crippen molar-refractivity contribution in [2.24, 2.45) is 0 Å². The van der Waals surface area contributed by atoms with E-state index in [4.69, 9.17) is 4.74 Å². The second-order valence-electron chi connectivity index (χ2n) is 5.03. The topological polar surface area (TPSA) is 92.9 Å². The second-order valence-corrected chi connectivity index (χ2v) is 5.03. The van der Waals surface area contributed by atoms with Gasteiger partial charge in [-0.15, -0.1) is 0 Å². The van der Waals surface area contributed by atoms with Gasteiger partial charge in [0.1, 0.15) is 11.2 Å². The lowest BCUT2D eigenvalue weighted by molar-refractivity contribution is -0.385. The number of carboxylic acid groups (broad SMARTS) is 1. The van der Waals surface area contributed by atoms with E-state index in [0.29, 0.717) is 31.5 Å². The highest BCUT2D eigenvalue weighted by Gasteiger charge is 2.48. The van der Waals surface area contributed by atoms with Gasteiger partial charge in [0.15, 0.2) is 5.75 Å². The maximum atomic E-state index is 11.7. The predicted molar refractivity (Wildman–Crippen MR) is 76.9 cm³/mol. The Bertz CT molecular complexity index is 574. The number of nitro groups is 1. The van der Waals surface area contributed by atoms with Gasteiger partial charge in [0, 0.05) is 6.54 Å². The van der Waals surface area contributed by atoms with Crippen molar-refractivity contribution in [3.63, 3.8) is 0 Å². The third-order valence-corrected chi connectivity index (χ3v) is 4.14. The molecule has 1 unspecified atom stereocenters. The van der Waals surface area contributed by atoms with E-state index in [2.05, 4.69) is 0 Å². The molecule has 114 valence electrons. The van der Waals surface area contributed by atoms with E-state index < -0.39 is 16.4 Å². The molecule has 21 heavy (non-hydrogen) atoms. The Kier molecular flexibility index (Phi) is 4.02. The minimum atomic E-state index is -1.09. The van der Waals surface area contributed by atoms with Gasteiger partial charge in [-0.1, -0.05) is 13.0 Å². The third-order valence-electron chi connectivity index (χ3n) is 4.14. The number of nitrogens with zero attached hydrogens (tertiary/aromatic N) is 2. The van der Waals surface area contributed by atoms with Crippen molar-refractivity contribution in [1.82, 2.24) is 0 Å². The highest BCUT2D eigenvalue weighted by molar-refractivity contribution is 5.86. The van der Waals surface area contributed by atoms with E-state index in [9.17, 15) is 20.0 Å². The summed E-state index contributed by atoms with van der Waals surface area (Å²) in [6.45, 7) is 2.27. The monoisotopic (exact) mass is 294 g/mol. The van der Waals surface area contributed by atoms with Crippen LogP contribution in [0.5, 0.6) is 5.75 Å². The lowest BCUT2D eigenvalue weighted by atomic mass is 9.92. The van der Waals surface area contributed by atoms with Gasteiger partial charge >= 0.3 is 11.7 Å². The Morgan fingerprint density at radius 1 is 1.57 bits per heavy atom. The molecule has 7 nitrogen and oxygen atoms in total. The number of hydrogen-bond acceptors (Lipinski definition) is 5. The first-order valence-electron chi connectivity index (χ1n) is 6.80. The lowest BCUT2D eigenvalue weighted by Crippen LogP contribution is -2.50. The first kappa shape index (κ1) is 15.1. The normalized spacial score (nSPS) is 21.3. The number of hydrogen-bond donors (Lipinski definition) is 1. The van der Waals surface area contributed by atoms with Crippen molar-refractivity contribution in [1.29, 1.82) is 0 Å². The number of rotatable bonds is 5. The largest absolute Gasteiger partial charge is 0.490 e. The van der Waals surface area contributed by atoms with Gasteiger partial charge in [-0.2, -0.15) is 0 Å². The summed E-state index contributed by atoms with van der Waals surface area (Å²) in [5.41, 5.74) is -0.959. The molecule has 0 aromatic heterocycles. The van der Waals surface area contributed by atoms with Crippen molar-refractivity contribution >= 4 is 17.3 Å². The summed E-state index contributed by atoms with van der Waals surface area (Å²) in [5.74, 6) is -0.806. The highest BCUT2D eigenvalue weighted by atomic mass is 16.6. The fourth-order valence-corrected chi connectivity index (χ4v) is 3.05. The fraction of sp³-hybridized carbons (Fsp3) is 0.500. The van der Waals surface area contributed by atoms with Gasteiger partial charge in [0.2, 0.25) is 0 Å². The number of carboxylic acids is 1. The summed E-state index contributed by atoms with van der Waals surface area (Å²) in [4.78, 5) is 24.2. The van der Waals surface area contributed by atoms with E-state index in [1.54, 1.807) is 24.0 Å². The van der Waals surface area contributed by atoms with Crippen molar-refractivity contribution < 1.29 is 19.6 Å². The molecule has 1 saturated heterocycles. The standard InChI is InChI=1S/C14H18N2O5/c1-3-14(13(17)18)8-5-9-15(14)10-6-4-7-11(21-2)12(10)16(19)20/h4,6-7H,3,5,8-9H2,1-2H3,(H,17,18). The van der Waals surface area contributed by atoms with E-state index >= 15 is 0 Å². The summed E-state index contributed by atoms with van der Waals surface area (Å²) in [5, 5.41) is 21.0. The molecule has 1 fully saturated rings. The Balaban J connectivity index is 2.60. The number of methoxy groups -OCH3 is 1. The summed E-state index contributed by atoms with van der Waals surface area (Å²) >= 11 is 0. The van der Waals surface area contributed by atoms with E-state index in [1.807, 2.05) is 0 Å². The first-order chi connectivity index (χ1) is 9.97. The summed E-state index contributed by atoms with van der Waals surface area (Å²) < 4.78 is 5.05. The van der Waals surface area contributed by atoms with Crippen LogP contribution in [-0.4, -0.2) is 35.2 Å². The van der Waals surface area contributed by atoms with Gasteiger partial charge < -0.3 is 14.7 Å². The maximum Gasteiger partial charge on any atom is 0.333 e. The average molecular weight is 294 g/mol. The van der Waals surface area contributed by atoms with Crippen LogP contribution < -0.4 is 9.64 Å². The number of nitro benzene ring substituents is 1. The van der Waals surface area contributed by atoms with Crippen molar-refractivity contribution in [3.05, 3.63) is 28.3 Å². The van der Waals surface area contributed by atoms with E-state index in [-0.39, 0.29) is 11.4 Å². The summed E-state index contributed by atoms with van der Waals surface area (Å²) in [7, 11) is 1.36. The van der Waals surface area contributed by atoms with Crippen molar-refractivity contribution in [3.8, 4) is 5.75 Å². The first-order valence-corrected chi connectivity index (χ1v) is 6.80. The molecule has 0 saturated carbocycles. The summed E-state index contributed by atoms with van der Waals surface area (Å²) in [6.07, 6.45) is 1.55. The molecule has 1 N–H and O–H groups in total. The predicted octanol–water partition coefficient (Wildman–Crippen LogP) is 2.44. The van der Waals surface area contributed by atoms with Crippen LogP contribution in [0.25, 0.3) is 0 Å². The van der Waals surface area contributed by atoms with Crippen LogP contribution in [0.3, 0.4) is 0 Å². The number of ether oxygens (including phenoxy) is 1. The molecule has 0 amide bonds. The molecule has 7 heteroatoms. The van der Waals surface area contributed by atoms with Crippen LogP contribution >= 0.6 is 0 Å². The van der Waals surface area contributed by atoms with Gasteiger partial charge in [-0.25, -0.2) is 4.79 Å². The third kappa shape index (κ3) is 2.28. The van der Waals surface area contributed by atoms with Gasteiger partial charge in [0.25, 0.3) is 0 Å². The molecule has 1 aromatic rings. The van der Waals surface area contributed by atoms with Crippen LogP contribution in [0.2, 0.25) is 0 Å². The molecule has 2 rings (SSSR count). The molecular formula is C14H18N2O5. The Morgan fingerprint density at radius 3 is 2.81 bits per heavy atom. The zero-order valence-electron chi connectivity index (χ0n) is 12.0. The molecule has 1 aliphatic heterocycles. The number of aliphatic carboxylic acids is 1. The second kappa shape index (κ2) is 5.59. The SMILES string of the molecule is CCC1(C(=O)O)CCCN1c1cccc(OC)c1[N+](=O)[O-]. The number of benzene rings is 1. The van der Waals surface area contributed by atoms with Gasteiger partial charge in [0.05, 0.1) is 12.0 Å². The van der Waals surface area contributed by atoms with Gasteiger partial charge in [-0.05, 0) is 31.4 Å². The molecule has 0 spiro atoms. The average Bonchev–Trinajstić information content (AvgIpc) is 2.91. The summed E-state index contributed by atoms with van der Waals surface area (Å²) in [6, 6.07) is 4.73. The Labute approximate surface area is 122 Å². The van der Waals surface area contributed by atoms with Crippen molar-refractivity contribution in [2.75, 3.05) is 18.6 Å². The fourth-order valence-electron chi connectivity index (χ4n) is 3.05. The van der Waals surface area contributed by atoms with Crippen LogP contribution in [0.1, 0.15) is 26.2 Å². The molecule has 1 atom stereocenters. The van der Waals surface area contributed by atoms with Gasteiger partial charge in [-0.3, -0.25) is 10.1 Å². The van der Waals surface area contributed by atoms with Crippen LogP contribution in [-0.2, 0) is 4.79 Å². The molecule has 1 aliphatic rings. The molecule has 1 aromatic carbocycles. The van der Waals surface area contributed by atoms with Crippen LogP contribution in [0.4, 0.5) is 11.4 Å². The number of carbonyl (C=O) groups is 1. The number of para-hydroxylation sites is 1. The Morgan fingerprint density at radius 2 is 2.29 bits per heavy atom. The quantitative estimate of drug-likeness (QED) is 0.662. The molecule has 0 bridgehead atoms. The molecule has 0 aliphatic carbocycles. The zero-order valence-corrected chi connectivity index (χ0v) is 12.0. The minimum Gasteiger partial charge on any atom is -0.490 e. The number of anilines is 1. The zero-order chi connectivity index (χ0) is 15.6. The maximum absolute atomic E-state index is 11.7. The Hall–Kier alpha value is -2.31. The molecular weight excluding hydrogens is 276 g/mol. The van der Waals surface area contributed by atoms with Crippen LogP contribution in [0, 0.1) is 10.1 Å². The van der Waals surface area contributed by atoms with Crippen LogP contribution in [0.15, 0.2) is 18.2 Å². The molecule has 0 radical (unpaired) electrons. The minimum absolute atomic E-state index is 0.139. The highest BCUT2D eigenvalue weighted by Crippen LogP contribution is 2.44. The van der Waals surface area contributed by atoms with E-state index in [1.165, 1.54) is 13.2 Å². The lowest BCUT2D eigenvalue weighted by Gasteiger charge is -2.35.